The van der Waals surface area contributed by atoms with Crippen molar-refractivity contribution in [3.63, 3.8) is 0 Å². The first kappa shape index (κ1) is 8.10. The molecule has 0 saturated carbocycles. The number of rotatable bonds is 2. The van der Waals surface area contributed by atoms with Gasteiger partial charge < -0.3 is 10.7 Å². The van der Waals surface area contributed by atoms with Gasteiger partial charge in [-0.2, -0.15) is 0 Å². The average Bonchev–Trinajstić information content (AvgIpc) is 2.75. The van der Waals surface area contributed by atoms with Crippen LogP contribution in [0.15, 0.2) is 28.2 Å². The van der Waals surface area contributed by atoms with Crippen molar-refractivity contribution in [2.75, 3.05) is 5.73 Å². The third-order valence-corrected chi connectivity index (χ3v) is 2.37. The number of hydrogen-bond acceptors (Lipinski definition) is 2. The number of hydrogen-bond donors (Lipinski definition) is 2. The van der Waals surface area contributed by atoms with Gasteiger partial charge in [0.2, 0.25) is 0 Å². The number of aromatic nitrogens is 1. The van der Waals surface area contributed by atoms with Crippen molar-refractivity contribution in [3.05, 3.63) is 39.3 Å². The van der Waals surface area contributed by atoms with Gasteiger partial charge in [0.25, 0.3) is 5.56 Å². The molecule has 3 heteroatoms. The number of nitrogens with one attached hydrogen (secondary N) is 1. The van der Waals surface area contributed by atoms with Crippen molar-refractivity contribution < 1.29 is 0 Å². The highest BCUT2D eigenvalue weighted by Crippen LogP contribution is 2.32. The van der Waals surface area contributed by atoms with Crippen LogP contribution in [0.4, 0.5) is 5.69 Å². The lowest BCUT2D eigenvalue weighted by atomic mass is 10.1. The summed E-state index contributed by atoms with van der Waals surface area (Å²) in [5, 5.41) is 0. The Labute approximate surface area is 76.3 Å². The van der Waals surface area contributed by atoms with Gasteiger partial charge >= 0.3 is 0 Å². The molecular weight excluding hydrogens is 164 g/mol. The standard InChI is InChI=1S/C10H12N2O/c1-6-2-8(6)3-7-4-9(11)10(13)12-5-7/h4-5H,2-3,11H2,1H3,(H,12,13). The Morgan fingerprint density at radius 1 is 1.62 bits per heavy atom. The average molecular weight is 176 g/mol. The lowest BCUT2D eigenvalue weighted by molar-refractivity contribution is 1.12. The molecule has 1 aromatic heterocycles. The van der Waals surface area contributed by atoms with Crippen LogP contribution in [0.25, 0.3) is 0 Å². The zero-order chi connectivity index (χ0) is 9.42. The van der Waals surface area contributed by atoms with Gasteiger partial charge in [-0.15, -0.1) is 0 Å². The van der Waals surface area contributed by atoms with E-state index in [9.17, 15) is 4.79 Å². The van der Waals surface area contributed by atoms with E-state index in [1.807, 2.05) is 0 Å². The maximum absolute atomic E-state index is 10.9. The summed E-state index contributed by atoms with van der Waals surface area (Å²) in [4.78, 5) is 13.6. The van der Waals surface area contributed by atoms with Crippen molar-refractivity contribution in [1.82, 2.24) is 4.98 Å². The van der Waals surface area contributed by atoms with Crippen molar-refractivity contribution in [2.24, 2.45) is 0 Å². The van der Waals surface area contributed by atoms with Crippen LogP contribution in [0.3, 0.4) is 0 Å². The normalized spacial score (nSPS) is 14.8. The number of aromatic amines is 1. The Hall–Kier alpha value is -1.51. The number of allylic oxidation sites excluding steroid dienone is 2. The summed E-state index contributed by atoms with van der Waals surface area (Å²) in [7, 11) is 0. The smallest absolute Gasteiger partial charge is 0.271 e. The molecule has 0 amide bonds. The fourth-order valence-electron chi connectivity index (χ4n) is 1.39. The first-order valence-electron chi connectivity index (χ1n) is 4.31. The van der Waals surface area contributed by atoms with Crippen molar-refractivity contribution in [2.45, 2.75) is 19.8 Å². The van der Waals surface area contributed by atoms with Gasteiger partial charge in [-0.25, -0.2) is 0 Å². The fourth-order valence-corrected chi connectivity index (χ4v) is 1.39. The van der Waals surface area contributed by atoms with Gasteiger partial charge in [0.15, 0.2) is 0 Å². The molecule has 1 heterocycles. The molecule has 0 aromatic carbocycles. The van der Waals surface area contributed by atoms with Crippen LogP contribution < -0.4 is 11.3 Å². The van der Waals surface area contributed by atoms with Gasteiger partial charge in [-0.3, -0.25) is 4.79 Å². The van der Waals surface area contributed by atoms with Crippen LogP contribution in [0.1, 0.15) is 18.9 Å². The second kappa shape index (κ2) is 2.76. The van der Waals surface area contributed by atoms with Crippen LogP contribution in [0, 0.1) is 0 Å². The van der Waals surface area contributed by atoms with Crippen LogP contribution in [0.5, 0.6) is 0 Å². The van der Waals surface area contributed by atoms with Gasteiger partial charge in [0.1, 0.15) is 0 Å². The third kappa shape index (κ3) is 1.64. The molecule has 2 rings (SSSR count). The molecule has 0 bridgehead atoms. The summed E-state index contributed by atoms with van der Waals surface area (Å²) >= 11 is 0. The molecule has 0 aliphatic heterocycles. The largest absolute Gasteiger partial charge is 0.394 e. The lowest BCUT2D eigenvalue weighted by Crippen LogP contribution is -2.11. The van der Waals surface area contributed by atoms with Crippen molar-refractivity contribution in [3.8, 4) is 0 Å². The SMILES string of the molecule is CC1=C(Cc2c[nH]c(=O)c(N)c2)C1. The fraction of sp³-hybridized carbons (Fsp3) is 0.300. The van der Waals surface area contributed by atoms with Gasteiger partial charge in [-0.1, -0.05) is 11.1 Å². The summed E-state index contributed by atoms with van der Waals surface area (Å²) in [6, 6.07) is 1.75. The summed E-state index contributed by atoms with van der Waals surface area (Å²) in [5.41, 5.74) is 9.60. The molecule has 3 N–H and O–H groups in total. The molecule has 0 atom stereocenters. The Morgan fingerprint density at radius 3 is 2.85 bits per heavy atom. The topological polar surface area (TPSA) is 58.9 Å². The number of nitrogens with two attached hydrogens (primary N) is 1. The molecule has 1 aliphatic carbocycles. The second-order valence-corrected chi connectivity index (χ2v) is 3.53. The maximum atomic E-state index is 10.9. The Balaban J connectivity index is 2.22. The van der Waals surface area contributed by atoms with E-state index >= 15 is 0 Å². The van der Waals surface area contributed by atoms with E-state index in [2.05, 4.69) is 11.9 Å². The zero-order valence-corrected chi connectivity index (χ0v) is 7.55. The molecule has 68 valence electrons. The minimum absolute atomic E-state index is 0.203. The predicted octanol–water partition coefficient (Wildman–Crippen LogP) is 1.22. The highest BCUT2D eigenvalue weighted by atomic mass is 16.1. The van der Waals surface area contributed by atoms with Gasteiger partial charge in [0.05, 0.1) is 5.69 Å². The van der Waals surface area contributed by atoms with Crippen LogP contribution in [0.2, 0.25) is 0 Å². The molecule has 1 aliphatic rings. The summed E-state index contributed by atoms with van der Waals surface area (Å²) < 4.78 is 0. The van der Waals surface area contributed by atoms with Gasteiger partial charge in [0, 0.05) is 6.20 Å². The molecule has 13 heavy (non-hydrogen) atoms. The summed E-state index contributed by atoms with van der Waals surface area (Å²) in [5.74, 6) is 0. The van der Waals surface area contributed by atoms with Crippen LogP contribution in [-0.2, 0) is 6.42 Å². The minimum Gasteiger partial charge on any atom is -0.394 e. The van der Waals surface area contributed by atoms with Gasteiger partial charge in [-0.05, 0) is 31.4 Å². The van der Waals surface area contributed by atoms with Crippen molar-refractivity contribution >= 4 is 5.69 Å². The maximum Gasteiger partial charge on any atom is 0.271 e. The Bertz CT molecular complexity index is 429. The van der Waals surface area contributed by atoms with E-state index in [1.54, 1.807) is 12.3 Å². The molecule has 0 saturated heterocycles. The number of H-pyrrole nitrogens is 1. The second-order valence-electron chi connectivity index (χ2n) is 3.53. The number of anilines is 1. The molecular formula is C10H12N2O. The monoisotopic (exact) mass is 176 g/mol. The first-order chi connectivity index (χ1) is 6.16. The molecule has 3 nitrogen and oxygen atoms in total. The van der Waals surface area contributed by atoms with Crippen LogP contribution >= 0.6 is 0 Å². The Kier molecular flexibility index (Phi) is 1.72. The Morgan fingerprint density at radius 2 is 2.31 bits per heavy atom. The zero-order valence-electron chi connectivity index (χ0n) is 7.55. The number of pyridine rings is 1. The minimum atomic E-state index is -0.203. The van der Waals surface area contributed by atoms with E-state index in [1.165, 1.54) is 11.1 Å². The lowest BCUT2D eigenvalue weighted by Gasteiger charge is -1.97. The van der Waals surface area contributed by atoms with E-state index in [0.717, 1.165) is 18.4 Å². The van der Waals surface area contributed by atoms with E-state index in [0.29, 0.717) is 5.69 Å². The molecule has 0 spiro atoms. The van der Waals surface area contributed by atoms with E-state index in [-0.39, 0.29) is 5.56 Å². The molecule has 0 fully saturated rings. The summed E-state index contributed by atoms with van der Waals surface area (Å²) in [6.45, 7) is 2.13. The predicted molar refractivity (Wildman–Crippen MR) is 52.5 cm³/mol. The quantitative estimate of drug-likeness (QED) is 0.665. The van der Waals surface area contributed by atoms with E-state index < -0.39 is 0 Å². The molecule has 1 aromatic rings. The first-order valence-corrected chi connectivity index (χ1v) is 4.31. The highest BCUT2D eigenvalue weighted by molar-refractivity contribution is 5.42. The highest BCUT2D eigenvalue weighted by Gasteiger charge is 2.16. The number of nitrogen functional groups attached to an aromatic ring is 1. The van der Waals surface area contributed by atoms with E-state index in [4.69, 9.17) is 5.73 Å². The third-order valence-electron chi connectivity index (χ3n) is 2.37. The molecule has 0 unspecified atom stereocenters. The van der Waals surface area contributed by atoms with Crippen LogP contribution in [-0.4, -0.2) is 4.98 Å². The molecule has 0 radical (unpaired) electrons. The van der Waals surface area contributed by atoms with Crippen molar-refractivity contribution in [1.29, 1.82) is 0 Å². The summed E-state index contributed by atoms with van der Waals surface area (Å²) in [6.07, 6.45) is 3.79.